The Labute approximate surface area is 110 Å². The van der Waals surface area contributed by atoms with Crippen LogP contribution in [-0.2, 0) is 8.85 Å². The molecule has 0 aliphatic heterocycles. The quantitative estimate of drug-likeness (QED) is 0.573. The molecule has 0 amide bonds. The summed E-state index contributed by atoms with van der Waals surface area (Å²) in [6, 6.07) is 5.22. The summed E-state index contributed by atoms with van der Waals surface area (Å²) < 4.78 is 13.4. The van der Waals surface area contributed by atoms with Gasteiger partial charge in [0, 0.05) is 14.2 Å². The lowest BCUT2D eigenvalue weighted by Crippen LogP contribution is -2.50. The molecular weight excluding hydrogens is 246 g/mol. The fourth-order valence-electron chi connectivity index (χ4n) is 2.62. The van der Waals surface area contributed by atoms with Crippen LogP contribution in [0.25, 0.3) is 0 Å². The average molecular weight is 278 g/mol. The molecule has 0 aromatic carbocycles. The van der Waals surface area contributed by atoms with Gasteiger partial charge < -0.3 is 13.4 Å². The Morgan fingerprint density at radius 3 is 1.82 bits per heavy atom. The molecule has 0 radical (unpaired) electrons. The molecule has 0 spiro atoms. The van der Waals surface area contributed by atoms with E-state index in [0.717, 1.165) is 6.04 Å². The third kappa shape index (κ3) is 5.22. The standard InChI is InChI=1S/C12H31NO2Si2/c1-7-17(8-2,9-3)13(4)11-10-12-16(14-5)15-6/h16H,7-12H2,1-6H3. The second kappa shape index (κ2) is 9.27. The van der Waals surface area contributed by atoms with Crippen LogP contribution in [0.15, 0.2) is 0 Å². The van der Waals surface area contributed by atoms with Gasteiger partial charge in [-0.3, -0.25) is 0 Å². The predicted molar refractivity (Wildman–Crippen MR) is 80.4 cm³/mol. The van der Waals surface area contributed by atoms with E-state index in [1.54, 1.807) is 14.2 Å². The van der Waals surface area contributed by atoms with Crippen molar-refractivity contribution in [3.05, 3.63) is 0 Å². The van der Waals surface area contributed by atoms with Crippen molar-refractivity contribution in [1.29, 1.82) is 0 Å². The molecule has 0 saturated carbocycles. The topological polar surface area (TPSA) is 21.7 Å². The molecule has 0 saturated heterocycles. The van der Waals surface area contributed by atoms with Gasteiger partial charge in [-0.2, -0.15) is 0 Å². The van der Waals surface area contributed by atoms with E-state index >= 15 is 0 Å². The summed E-state index contributed by atoms with van der Waals surface area (Å²) in [7, 11) is 3.37. The average Bonchev–Trinajstić information content (AvgIpc) is 2.37. The zero-order valence-corrected chi connectivity index (χ0v) is 14.7. The molecule has 0 rings (SSSR count). The van der Waals surface area contributed by atoms with Crippen LogP contribution in [-0.4, -0.2) is 49.9 Å². The van der Waals surface area contributed by atoms with Crippen molar-refractivity contribution < 1.29 is 8.85 Å². The predicted octanol–water partition coefficient (Wildman–Crippen LogP) is 2.83. The molecule has 0 N–H and O–H groups in total. The van der Waals surface area contributed by atoms with Gasteiger partial charge in [-0.25, -0.2) is 0 Å². The summed E-state index contributed by atoms with van der Waals surface area (Å²) in [5, 5.41) is 0. The Balaban J connectivity index is 4.10. The van der Waals surface area contributed by atoms with E-state index in [0.29, 0.717) is 0 Å². The van der Waals surface area contributed by atoms with E-state index < -0.39 is 17.5 Å². The van der Waals surface area contributed by atoms with Crippen LogP contribution in [0, 0.1) is 0 Å². The zero-order chi connectivity index (χ0) is 13.3. The smallest absolute Gasteiger partial charge is 0.320 e. The fraction of sp³-hybridized carbons (Fsp3) is 1.00. The van der Waals surface area contributed by atoms with E-state index in [9.17, 15) is 0 Å². The van der Waals surface area contributed by atoms with Gasteiger partial charge in [-0.1, -0.05) is 20.8 Å². The van der Waals surface area contributed by atoms with Gasteiger partial charge in [0.25, 0.3) is 0 Å². The normalized spacial score (nSPS) is 12.7. The Hall–Kier alpha value is 0.314. The number of hydrogen-bond acceptors (Lipinski definition) is 3. The lowest BCUT2D eigenvalue weighted by molar-refractivity contribution is 0.275. The first kappa shape index (κ1) is 17.3. The highest BCUT2D eigenvalue weighted by atomic mass is 28.3. The number of nitrogens with zero attached hydrogens (tertiary/aromatic N) is 1. The zero-order valence-electron chi connectivity index (χ0n) is 12.6. The van der Waals surface area contributed by atoms with Crippen LogP contribution in [0.5, 0.6) is 0 Å². The van der Waals surface area contributed by atoms with Crippen molar-refractivity contribution in [3.63, 3.8) is 0 Å². The molecule has 17 heavy (non-hydrogen) atoms. The van der Waals surface area contributed by atoms with Crippen molar-refractivity contribution >= 4 is 17.5 Å². The van der Waals surface area contributed by atoms with Gasteiger partial charge in [0.15, 0.2) is 0 Å². The summed E-state index contributed by atoms with van der Waals surface area (Å²) in [5.74, 6) is 0. The first-order valence-electron chi connectivity index (χ1n) is 6.87. The molecule has 0 aliphatic rings. The molecule has 0 bridgehead atoms. The first-order chi connectivity index (χ1) is 8.10. The van der Waals surface area contributed by atoms with E-state index in [-0.39, 0.29) is 0 Å². The van der Waals surface area contributed by atoms with Crippen LogP contribution in [0.1, 0.15) is 27.2 Å². The van der Waals surface area contributed by atoms with Crippen molar-refractivity contribution in [2.75, 3.05) is 27.8 Å². The Morgan fingerprint density at radius 1 is 1.00 bits per heavy atom. The minimum Gasteiger partial charge on any atom is -0.400 e. The summed E-state index contributed by atoms with van der Waals surface area (Å²) >= 11 is 0. The highest BCUT2D eigenvalue weighted by molar-refractivity contribution is 6.76. The first-order valence-corrected chi connectivity index (χ1v) is 11.2. The highest BCUT2D eigenvalue weighted by Crippen LogP contribution is 2.23. The van der Waals surface area contributed by atoms with Gasteiger partial charge >= 0.3 is 9.28 Å². The van der Waals surface area contributed by atoms with Gasteiger partial charge in [-0.15, -0.1) is 0 Å². The van der Waals surface area contributed by atoms with Crippen molar-refractivity contribution in [3.8, 4) is 0 Å². The molecular formula is C12H31NO2Si2. The third-order valence-electron chi connectivity index (χ3n) is 4.24. The Kier molecular flexibility index (Phi) is 9.44. The van der Waals surface area contributed by atoms with Crippen LogP contribution >= 0.6 is 0 Å². The summed E-state index contributed by atoms with van der Waals surface area (Å²) in [5.41, 5.74) is 0. The Morgan fingerprint density at radius 2 is 1.47 bits per heavy atom. The van der Waals surface area contributed by atoms with Crippen LogP contribution in [0.2, 0.25) is 24.2 Å². The van der Waals surface area contributed by atoms with E-state index in [4.69, 9.17) is 8.85 Å². The minimum absolute atomic E-state index is 1.12. The monoisotopic (exact) mass is 277 g/mol. The molecule has 5 heteroatoms. The molecule has 0 heterocycles. The second-order valence-electron chi connectivity index (χ2n) is 4.75. The molecule has 0 aromatic heterocycles. The van der Waals surface area contributed by atoms with Crippen molar-refractivity contribution in [2.24, 2.45) is 0 Å². The molecule has 104 valence electrons. The second-order valence-corrected chi connectivity index (χ2v) is 12.5. The lowest BCUT2D eigenvalue weighted by atomic mass is 10.5. The molecule has 3 nitrogen and oxygen atoms in total. The fourth-order valence-corrected chi connectivity index (χ4v) is 7.56. The maximum atomic E-state index is 5.36. The summed E-state index contributed by atoms with van der Waals surface area (Å²) in [6.07, 6.45) is 1.21. The largest absolute Gasteiger partial charge is 0.400 e. The van der Waals surface area contributed by atoms with Gasteiger partial charge in [0.1, 0.15) is 8.24 Å². The van der Waals surface area contributed by atoms with Gasteiger partial charge in [0.2, 0.25) is 0 Å². The van der Waals surface area contributed by atoms with Crippen LogP contribution in [0.4, 0.5) is 0 Å². The van der Waals surface area contributed by atoms with E-state index in [2.05, 4.69) is 32.4 Å². The van der Waals surface area contributed by atoms with Gasteiger partial charge in [-0.05, 0) is 44.2 Å². The van der Waals surface area contributed by atoms with E-state index in [1.807, 2.05) is 0 Å². The van der Waals surface area contributed by atoms with Gasteiger partial charge in [0.05, 0.1) is 0 Å². The molecule has 0 atom stereocenters. The molecule has 0 aromatic rings. The van der Waals surface area contributed by atoms with Crippen molar-refractivity contribution in [2.45, 2.75) is 51.4 Å². The van der Waals surface area contributed by atoms with Crippen LogP contribution in [0.3, 0.4) is 0 Å². The SMILES string of the molecule is CC[Si](CC)(CC)N(C)CCC[SiH](OC)OC. The highest BCUT2D eigenvalue weighted by Gasteiger charge is 2.31. The molecule has 0 unspecified atom stereocenters. The van der Waals surface area contributed by atoms with Crippen LogP contribution < -0.4 is 0 Å². The summed E-state index contributed by atoms with van der Waals surface area (Å²) in [6.45, 7) is 8.28. The van der Waals surface area contributed by atoms with E-state index in [1.165, 1.54) is 31.1 Å². The maximum absolute atomic E-state index is 5.36. The summed E-state index contributed by atoms with van der Waals surface area (Å²) in [4.78, 5) is 0. The lowest BCUT2D eigenvalue weighted by Gasteiger charge is -2.38. The molecule has 0 aliphatic carbocycles. The minimum atomic E-state index is -1.34. The van der Waals surface area contributed by atoms with Crippen molar-refractivity contribution in [1.82, 2.24) is 4.57 Å². The Bertz CT molecular complexity index is 177. The molecule has 0 fully saturated rings. The number of rotatable bonds is 10. The third-order valence-corrected chi connectivity index (χ3v) is 12.0. The maximum Gasteiger partial charge on any atom is 0.320 e. The number of hydrogen-bond donors (Lipinski definition) is 0.